The summed E-state index contributed by atoms with van der Waals surface area (Å²) in [7, 11) is 0. The molecular weight excluding hydrogens is 246 g/mol. The highest BCUT2D eigenvalue weighted by molar-refractivity contribution is 5.84. The van der Waals surface area contributed by atoms with Gasteiger partial charge >= 0.3 is 5.97 Å². The van der Waals surface area contributed by atoms with Gasteiger partial charge in [-0.25, -0.2) is 0 Å². The molecule has 5 heteroatoms. The number of amides is 1. The molecule has 1 aliphatic carbocycles. The molecule has 0 aromatic heterocycles. The van der Waals surface area contributed by atoms with Gasteiger partial charge in [0.05, 0.1) is 12.0 Å². The lowest BCUT2D eigenvalue weighted by Gasteiger charge is -2.37. The summed E-state index contributed by atoms with van der Waals surface area (Å²) in [6.45, 7) is 5.24. The molecule has 1 saturated carbocycles. The van der Waals surface area contributed by atoms with Gasteiger partial charge in [0, 0.05) is 19.1 Å². The maximum atomic E-state index is 12.3. The fourth-order valence-corrected chi connectivity index (χ4v) is 2.95. The van der Waals surface area contributed by atoms with Gasteiger partial charge in [0.25, 0.3) is 0 Å². The van der Waals surface area contributed by atoms with E-state index in [4.69, 9.17) is 9.84 Å². The van der Waals surface area contributed by atoms with Gasteiger partial charge in [0.2, 0.25) is 5.91 Å². The molecular formula is C14H23NO4. The Morgan fingerprint density at radius 1 is 1.37 bits per heavy atom. The molecule has 1 amide bonds. The molecule has 0 bridgehead atoms. The van der Waals surface area contributed by atoms with Gasteiger partial charge in [-0.2, -0.15) is 0 Å². The fraction of sp³-hybridized carbons (Fsp3) is 0.857. The first-order valence-corrected chi connectivity index (χ1v) is 7.02. The normalized spacial score (nSPS) is 32.6. The second-order valence-corrected chi connectivity index (χ2v) is 6.22. The number of carboxylic acid groups (broad SMARTS) is 1. The van der Waals surface area contributed by atoms with E-state index < -0.39 is 11.5 Å². The third kappa shape index (κ3) is 3.08. The Hall–Kier alpha value is -1.10. The molecule has 108 valence electrons. The van der Waals surface area contributed by atoms with Crippen LogP contribution < -0.4 is 5.32 Å². The number of carbonyl (C=O) groups excluding carboxylic acids is 1. The van der Waals surface area contributed by atoms with Crippen LogP contribution in [0.4, 0.5) is 0 Å². The number of hydrogen-bond donors (Lipinski definition) is 2. The Bertz CT molecular complexity index is 376. The van der Waals surface area contributed by atoms with Crippen molar-refractivity contribution in [3.63, 3.8) is 0 Å². The molecule has 1 aliphatic heterocycles. The highest BCUT2D eigenvalue weighted by Gasteiger charge is 2.54. The van der Waals surface area contributed by atoms with Crippen molar-refractivity contribution in [2.24, 2.45) is 11.3 Å². The maximum absolute atomic E-state index is 12.3. The lowest BCUT2D eigenvalue weighted by molar-refractivity contribution is -0.140. The molecule has 1 saturated heterocycles. The highest BCUT2D eigenvalue weighted by Crippen LogP contribution is 2.55. The van der Waals surface area contributed by atoms with Crippen molar-refractivity contribution >= 4 is 11.9 Å². The second kappa shape index (κ2) is 5.12. The molecule has 19 heavy (non-hydrogen) atoms. The van der Waals surface area contributed by atoms with Crippen LogP contribution in [0.1, 0.15) is 46.0 Å². The van der Waals surface area contributed by atoms with Gasteiger partial charge in [-0.1, -0.05) is 13.8 Å². The highest BCUT2D eigenvalue weighted by atomic mass is 16.5. The monoisotopic (exact) mass is 269 g/mol. The molecule has 2 aliphatic rings. The van der Waals surface area contributed by atoms with E-state index in [0.29, 0.717) is 26.1 Å². The minimum absolute atomic E-state index is 0.0162. The van der Waals surface area contributed by atoms with E-state index in [1.54, 1.807) is 0 Å². The zero-order valence-electron chi connectivity index (χ0n) is 11.7. The van der Waals surface area contributed by atoms with Crippen LogP contribution in [0, 0.1) is 11.3 Å². The summed E-state index contributed by atoms with van der Waals surface area (Å²) in [5.41, 5.74) is -0.502. The van der Waals surface area contributed by atoms with Crippen LogP contribution in [0.3, 0.4) is 0 Å². The second-order valence-electron chi connectivity index (χ2n) is 6.22. The zero-order chi connectivity index (χ0) is 14.1. The molecule has 5 nitrogen and oxygen atoms in total. The van der Waals surface area contributed by atoms with Gasteiger partial charge in [-0.3, -0.25) is 9.59 Å². The van der Waals surface area contributed by atoms with Crippen molar-refractivity contribution in [2.75, 3.05) is 13.2 Å². The summed E-state index contributed by atoms with van der Waals surface area (Å²) in [6.07, 6.45) is 3.05. The first kappa shape index (κ1) is 14.3. The van der Waals surface area contributed by atoms with Gasteiger partial charge in [-0.05, 0) is 31.1 Å². The van der Waals surface area contributed by atoms with Crippen molar-refractivity contribution < 1.29 is 19.4 Å². The Morgan fingerprint density at radius 3 is 2.47 bits per heavy atom. The molecule has 2 rings (SSSR count). The number of aliphatic carboxylic acids is 1. The van der Waals surface area contributed by atoms with Crippen molar-refractivity contribution in [2.45, 2.75) is 51.5 Å². The molecule has 0 aromatic carbocycles. The summed E-state index contributed by atoms with van der Waals surface area (Å²) in [5.74, 6) is -0.797. The van der Waals surface area contributed by atoms with Crippen molar-refractivity contribution in [3.8, 4) is 0 Å². The van der Waals surface area contributed by atoms with Crippen LogP contribution >= 0.6 is 0 Å². The summed E-state index contributed by atoms with van der Waals surface area (Å²) < 4.78 is 5.28. The number of carbonyl (C=O) groups is 2. The predicted octanol–water partition coefficient (Wildman–Crippen LogP) is 1.56. The smallest absolute Gasteiger partial charge is 0.305 e. The molecule has 1 heterocycles. The van der Waals surface area contributed by atoms with E-state index in [-0.39, 0.29) is 23.7 Å². The van der Waals surface area contributed by atoms with E-state index in [9.17, 15) is 9.59 Å². The van der Waals surface area contributed by atoms with Gasteiger partial charge in [0.15, 0.2) is 0 Å². The Balaban J connectivity index is 2.00. The summed E-state index contributed by atoms with van der Waals surface area (Å²) in [4.78, 5) is 23.3. The minimum atomic E-state index is -0.865. The molecule has 2 unspecified atom stereocenters. The average Bonchev–Trinajstić information content (AvgIpc) is 3.02. The number of hydrogen-bond acceptors (Lipinski definition) is 3. The molecule has 2 N–H and O–H groups in total. The van der Waals surface area contributed by atoms with Gasteiger partial charge in [0.1, 0.15) is 0 Å². The van der Waals surface area contributed by atoms with Crippen LogP contribution in [-0.4, -0.2) is 35.7 Å². The zero-order valence-corrected chi connectivity index (χ0v) is 11.7. The molecule has 2 fully saturated rings. The topological polar surface area (TPSA) is 75.6 Å². The van der Waals surface area contributed by atoms with Crippen LogP contribution in [0.15, 0.2) is 0 Å². The van der Waals surface area contributed by atoms with Gasteiger partial charge < -0.3 is 15.2 Å². The Kier molecular flexibility index (Phi) is 3.85. The molecule has 0 spiro atoms. The SMILES string of the molecule is CCC1(C)CC1C(=O)NC1(CC(=O)O)CCOCC1. The molecule has 0 aromatic rings. The maximum Gasteiger partial charge on any atom is 0.305 e. The first-order valence-electron chi connectivity index (χ1n) is 7.02. The Morgan fingerprint density at radius 2 is 2.00 bits per heavy atom. The first-order chi connectivity index (χ1) is 8.91. The van der Waals surface area contributed by atoms with Crippen molar-refractivity contribution in [1.82, 2.24) is 5.32 Å². The van der Waals surface area contributed by atoms with Crippen molar-refractivity contribution in [1.29, 1.82) is 0 Å². The third-order valence-electron chi connectivity index (χ3n) is 4.80. The van der Waals surface area contributed by atoms with E-state index in [1.807, 2.05) is 0 Å². The predicted molar refractivity (Wildman–Crippen MR) is 69.7 cm³/mol. The number of carboxylic acids is 1. The van der Waals surface area contributed by atoms with Crippen LogP contribution in [0.25, 0.3) is 0 Å². The largest absolute Gasteiger partial charge is 0.481 e. The van der Waals surface area contributed by atoms with E-state index >= 15 is 0 Å². The van der Waals surface area contributed by atoms with Crippen LogP contribution in [0.2, 0.25) is 0 Å². The van der Waals surface area contributed by atoms with E-state index in [0.717, 1.165) is 12.8 Å². The summed E-state index contributed by atoms with van der Waals surface area (Å²) >= 11 is 0. The number of nitrogens with one attached hydrogen (secondary N) is 1. The Labute approximate surface area is 113 Å². The lowest BCUT2D eigenvalue weighted by atomic mass is 9.86. The van der Waals surface area contributed by atoms with Gasteiger partial charge in [-0.15, -0.1) is 0 Å². The quantitative estimate of drug-likeness (QED) is 0.794. The standard InChI is InChI=1S/C14H23NO4/c1-3-13(2)8-10(13)12(18)15-14(9-11(16)17)4-6-19-7-5-14/h10H,3-9H2,1-2H3,(H,15,18)(H,16,17). The van der Waals surface area contributed by atoms with Crippen molar-refractivity contribution in [3.05, 3.63) is 0 Å². The van der Waals surface area contributed by atoms with Crippen LogP contribution in [0.5, 0.6) is 0 Å². The molecule has 2 atom stereocenters. The number of ether oxygens (including phenoxy) is 1. The van der Waals surface area contributed by atoms with E-state index in [2.05, 4.69) is 19.2 Å². The van der Waals surface area contributed by atoms with Crippen LogP contribution in [-0.2, 0) is 14.3 Å². The molecule has 0 radical (unpaired) electrons. The third-order valence-corrected chi connectivity index (χ3v) is 4.80. The number of rotatable bonds is 5. The fourth-order valence-electron chi connectivity index (χ4n) is 2.95. The summed E-state index contributed by atoms with van der Waals surface area (Å²) in [6, 6.07) is 0. The summed E-state index contributed by atoms with van der Waals surface area (Å²) in [5, 5.41) is 12.1. The lowest BCUT2D eigenvalue weighted by Crippen LogP contribution is -2.54. The average molecular weight is 269 g/mol. The van der Waals surface area contributed by atoms with E-state index in [1.165, 1.54) is 0 Å². The minimum Gasteiger partial charge on any atom is -0.481 e.